The highest BCUT2D eigenvalue weighted by molar-refractivity contribution is 5.78. The van der Waals surface area contributed by atoms with Crippen LogP contribution in [-0.4, -0.2) is 41.0 Å². The third-order valence-electron chi connectivity index (χ3n) is 4.84. The molecule has 1 atom stereocenters. The van der Waals surface area contributed by atoms with Crippen LogP contribution < -0.4 is 5.32 Å². The maximum Gasteiger partial charge on any atom is 0.305 e. The van der Waals surface area contributed by atoms with Gasteiger partial charge in [-0.25, -0.2) is 4.39 Å². The van der Waals surface area contributed by atoms with Crippen molar-refractivity contribution in [2.24, 2.45) is 5.92 Å². The molecule has 5 nitrogen and oxygen atoms in total. The third-order valence-corrected chi connectivity index (χ3v) is 4.84. The van der Waals surface area contributed by atoms with E-state index >= 15 is 0 Å². The van der Waals surface area contributed by atoms with Crippen molar-refractivity contribution < 1.29 is 19.1 Å². The minimum absolute atomic E-state index is 0.140. The zero-order valence-corrected chi connectivity index (χ0v) is 14.9. The van der Waals surface area contributed by atoms with Gasteiger partial charge in [0.25, 0.3) is 0 Å². The number of carbonyl (C=O) groups excluding carboxylic acids is 1. The second-order valence-corrected chi connectivity index (χ2v) is 7.05. The highest BCUT2D eigenvalue weighted by atomic mass is 19.1. The first-order chi connectivity index (χ1) is 11.8. The standard InChI is InChI=1S/C19H27FN2O3/c1-13(2)22-9-7-14(8-10-22)11-18(23)21-17(12-19(24)25)15-3-5-16(20)6-4-15/h3-6,13-14,17H,7-12H2,1-2H3,(H,21,23)(H,24,25)/t17-/m1/s1. The Balaban J connectivity index is 1.91. The molecule has 0 spiro atoms. The molecule has 1 amide bonds. The Morgan fingerprint density at radius 3 is 2.36 bits per heavy atom. The molecule has 1 saturated heterocycles. The number of likely N-dealkylation sites (tertiary alicyclic amines) is 1. The number of amides is 1. The van der Waals surface area contributed by atoms with Gasteiger partial charge in [-0.05, 0) is 63.4 Å². The molecule has 2 N–H and O–H groups in total. The summed E-state index contributed by atoms with van der Waals surface area (Å²) < 4.78 is 13.1. The van der Waals surface area contributed by atoms with E-state index in [9.17, 15) is 14.0 Å². The highest BCUT2D eigenvalue weighted by Gasteiger charge is 2.24. The van der Waals surface area contributed by atoms with E-state index in [1.807, 2.05) is 0 Å². The largest absolute Gasteiger partial charge is 0.481 e. The van der Waals surface area contributed by atoms with Crippen molar-refractivity contribution in [3.8, 4) is 0 Å². The lowest BCUT2D eigenvalue weighted by Crippen LogP contribution is -2.40. The van der Waals surface area contributed by atoms with E-state index < -0.39 is 12.0 Å². The summed E-state index contributed by atoms with van der Waals surface area (Å²) in [7, 11) is 0. The van der Waals surface area contributed by atoms with E-state index in [0.29, 0.717) is 23.9 Å². The van der Waals surface area contributed by atoms with E-state index in [2.05, 4.69) is 24.1 Å². The zero-order valence-electron chi connectivity index (χ0n) is 14.9. The molecule has 0 saturated carbocycles. The minimum Gasteiger partial charge on any atom is -0.481 e. The van der Waals surface area contributed by atoms with Gasteiger partial charge in [-0.3, -0.25) is 9.59 Å². The minimum atomic E-state index is -1.00. The monoisotopic (exact) mass is 350 g/mol. The molecule has 138 valence electrons. The lowest BCUT2D eigenvalue weighted by Gasteiger charge is -2.34. The molecule has 6 heteroatoms. The smallest absolute Gasteiger partial charge is 0.305 e. The number of aliphatic carboxylic acids is 1. The Bertz CT molecular complexity index is 581. The maximum atomic E-state index is 13.1. The van der Waals surface area contributed by atoms with E-state index in [4.69, 9.17) is 5.11 Å². The van der Waals surface area contributed by atoms with Gasteiger partial charge in [-0.2, -0.15) is 0 Å². The zero-order chi connectivity index (χ0) is 18.4. The summed E-state index contributed by atoms with van der Waals surface area (Å²) in [5.74, 6) is -1.20. The van der Waals surface area contributed by atoms with Crippen LogP contribution in [0.3, 0.4) is 0 Å². The molecule has 1 aromatic rings. The Morgan fingerprint density at radius 1 is 1.24 bits per heavy atom. The molecule has 1 heterocycles. The fraction of sp³-hybridized carbons (Fsp3) is 0.579. The predicted molar refractivity (Wildman–Crippen MR) is 93.6 cm³/mol. The topological polar surface area (TPSA) is 69.6 Å². The molecular formula is C19H27FN2O3. The number of hydrogen-bond donors (Lipinski definition) is 2. The van der Waals surface area contributed by atoms with Gasteiger partial charge in [0, 0.05) is 12.5 Å². The van der Waals surface area contributed by atoms with Gasteiger partial charge in [0.15, 0.2) is 0 Å². The Morgan fingerprint density at radius 2 is 1.84 bits per heavy atom. The van der Waals surface area contributed by atoms with Crippen molar-refractivity contribution in [2.45, 2.75) is 51.6 Å². The van der Waals surface area contributed by atoms with Crippen LogP contribution in [0, 0.1) is 11.7 Å². The van der Waals surface area contributed by atoms with Crippen molar-refractivity contribution in [2.75, 3.05) is 13.1 Å². The number of carboxylic acid groups (broad SMARTS) is 1. The summed E-state index contributed by atoms with van der Waals surface area (Å²) in [6.07, 6.45) is 2.14. The van der Waals surface area contributed by atoms with Crippen LogP contribution in [0.2, 0.25) is 0 Å². The summed E-state index contributed by atoms with van der Waals surface area (Å²) in [4.78, 5) is 25.9. The number of halogens is 1. The second kappa shape index (κ2) is 8.94. The number of nitrogens with one attached hydrogen (secondary N) is 1. The second-order valence-electron chi connectivity index (χ2n) is 7.05. The number of hydrogen-bond acceptors (Lipinski definition) is 3. The number of rotatable bonds is 7. The number of carboxylic acids is 1. The van der Waals surface area contributed by atoms with Gasteiger partial charge in [0.05, 0.1) is 12.5 Å². The van der Waals surface area contributed by atoms with E-state index in [-0.39, 0.29) is 18.1 Å². The molecule has 0 aliphatic carbocycles. The molecule has 0 bridgehead atoms. The molecule has 0 aromatic heterocycles. The van der Waals surface area contributed by atoms with Gasteiger partial charge in [-0.15, -0.1) is 0 Å². The van der Waals surface area contributed by atoms with Crippen molar-refractivity contribution in [3.63, 3.8) is 0 Å². The SMILES string of the molecule is CC(C)N1CCC(CC(=O)N[C@H](CC(=O)O)c2ccc(F)cc2)CC1. The van der Waals surface area contributed by atoms with Crippen LogP contribution in [0.4, 0.5) is 4.39 Å². The Hall–Kier alpha value is -1.95. The van der Waals surface area contributed by atoms with Gasteiger partial charge in [0.1, 0.15) is 5.82 Å². The van der Waals surface area contributed by atoms with Gasteiger partial charge in [-0.1, -0.05) is 12.1 Å². The van der Waals surface area contributed by atoms with Crippen LogP contribution in [-0.2, 0) is 9.59 Å². The third kappa shape index (κ3) is 6.12. The first-order valence-electron chi connectivity index (χ1n) is 8.86. The van der Waals surface area contributed by atoms with Crippen LogP contribution >= 0.6 is 0 Å². The normalized spacial score (nSPS) is 17.4. The van der Waals surface area contributed by atoms with Gasteiger partial charge >= 0.3 is 5.97 Å². The van der Waals surface area contributed by atoms with E-state index in [1.54, 1.807) is 0 Å². The molecule has 0 radical (unpaired) electrons. The average Bonchev–Trinajstić information content (AvgIpc) is 2.55. The molecular weight excluding hydrogens is 323 g/mol. The molecule has 1 aromatic carbocycles. The van der Waals surface area contributed by atoms with Gasteiger partial charge < -0.3 is 15.3 Å². The molecule has 1 aliphatic rings. The Kier molecular flexibility index (Phi) is 6.93. The molecule has 1 aliphatic heterocycles. The van der Waals surface area contributed by atoms with Crippen molar-refractivity contribution in [3.05, 3.63) is 35.6 Å². The fourth-order valence-corrected chi connectivity index (χ4v) is 3.31. The first kappa shape index (κ1) is 19.4. The molecule has 25 heavy (non-hydrogen) atoms. The van der Waals surface area contributed by atoms with Crippen LogP contribution in [0.5, 0.6) is 0 Å². The summed E-state index contributed by atoms with van der Waals surface area (Å²) >= 11 is 0. The Labute approximate surface area is 148 Å². The summed E-state index contributed by atoms with van der Waals surface area (Å²) in [5, 5.41) is 11.9. The molecule has 0 unspecified atom stereocenters. The lowest BCUT2D eigenvalue weighted by molar-refractivity contribution is -0.137. The summed E-state index contributed by atoms with van der Waals surface area (Å²) in [6, 6.07) is 5.47. The number of carbonyl (C=O) groups is 2. The summed E-state index contributed by atoms with van der Waals surface area (Å²) in [5.41, 5.74) is 0.603. The molecule has 1 fully saturated rings. The number of piperidine rings is 1. The highest BCUT2D eigenvalue weighted by Crippen LogP contribution is 2.23. The van der Waals surface area contributed by atoms with E-state index in [0.717, 1.165) is 25.9 Å². The summed E-state index contributed by atoms with van der Waals surface area (Å²) in [6.45, 7) is 6.33. The molecule has 2 rings (SSSR count). The lowest BCUT2D eigenvalue weighted by atomic mass is 9.92. The van der Waals surface area contributed by atoms with Crippen LogP contribution in [0.1, 0.15) is 51.1 Å². The van der Waals surface area contributed by atoms with Crippen LogP contribution in [0.25, 0.3) is 0 Å². The predicted octanol–water partition coefficient (Wildman–Crippen LogP) is 2.97. The quantitative estimate of drug-likeness (QED) is 0.793. The van der Waals surface area contributed by atoms with Crippen molar-refractivity contribution >= 4 is 11.9 Å². The average molecular weight is 350 g/mol. The van der Waals surface area contributed by atoms with Crippen molar-refractivity contribution in [1.29, 1.82) is 0 Å². The van der Waals surface area contributed by atoms with E-state index in [1.165, 1.54) is 24.3 Å². The van der Waals surface area contributed by atoms with Crippen molar-refractivity contribution in [1.82, 2.24) is 10.2 Å². The van der Waals surface area contributed by atoms with Gasteiger partial charge in [0.2, 0.25) is 5.91 Å². The maximum absolute atomic E-state index is 13.1. The fourth-order valence-electron chi connectivity index (χ4n) is 3.31. The number of benzene rings is 1. The first-order valence-corrected chi connectivity index (χ1v) is 8.86. The number of nitrogens with zero attached hydrogens (tertiary/aromatic N) is 1. The van der Waals surface area contributed by atoms with Crippen LogP contribution in [0.15, 0.2) is 24.3 Å².